The number of halogens is 1. The van der Waals surface area contributed by atoms with Crippen LogP contribution < -0.4 is 26.2 Å². The molecular formula is C30H36ClN7O4. The molecule has 0 radical (unpaired) electrons. The first kappa shape index (κ1) is 29.7. The number of hydrogen-bond donors (Lipinski definition) is 3. The maximum atomic E-state index is 13.2. The fraction of sp³-hybridized carbons (Fsp3) is 0.400. The normalized spacial score (nSPS) is 15.7. The number of fused-ring (bicyclic) bond motifs is 1. The molecule has 5 rings (SSSR count). The lowest BCUT2D eigenvalue weighted by atomic mass is 10.0. The molecule has 1 amide bonds. The molecule has 1 aromatic carbocycles. The first-order chi connectivity index (χ1) is 20.3. The maximum Gasteiger partial charge on any atom is 0.277 e. The second-order valence-electron chi connectivity index (χ2n) is 10.5. The van der Waals surface area contributed by atoms with Gasteiger partial charge < -0.3 is 25.4 Å². The van der Waals surface area contributed by atoms with E-state index in [4.69, 9.17) is 26.1 Å². The van der Waals surface area contributed by atoms with Crippen LogP contribution in [0, 0.1) is 0 Å². The van der Waals surface area contributed by atoms with Crippen LogP contribution in [0.1, 0.15) is 31.2 Å². The number of amides is 1. The summed E-state index contributed by atoms with van der Waals surface area (Å²) in [4.78, 5) is 29.3. The highest BCUT2D eigenvalue weighted by Crippen LogP contribution is 2.37. The molecule has 4 heterocycles. The van der Waals surface area contributed by atoms with Crippen LogP contribution in [0.2, 0.25) is 5.02 Å². The lowest BCUT2D eigenvalue weighted by Gasteiger charge is -2.14. The summed E-state index contributed by atoms with van der Waals surface area (Å²) < 4.78 is 14.0. The Morgan fingerprint density at radius 1 is 1.14 bits per heavy atom. The van der Waals surface area contributed by atoms with Crippen molar-refractivity contribution in [1.29, 1.82) is 0 Å². The Labute approximate surface area is 249 Å². The van der Waals surface area contributed by atoms with Crippen molar-refractivity contribution in [3.63, 3.8) is 0 Å². The molecule has 3 aromatic heterocycles. The smallest absolute Gasteiger partial charge is 0.277 e. The quantitative estimate of drug-likeness (QED) is 0.229. The molecule has 2 atom stereocenters. The average molecular weight is 594 g/mol. The molecule has 42 heavy (non-hydrogen) atoms. The van der Waals surface area contributed by atoms with Crippen LogP contribution in [0.4, 0.5) is 0 Å². The van der Waals surface area contributed by atoms with Gasteiger partial charge in [0.2, 0.25) is 11.8 Å². The summed E-state index contributed by atoms with van der Waals surface area (Å²) >= 11 is 6.96. The number of aromatic nitrogens is 4. The van der Waals surface area contributed by atoms with Gasteiger partial charge in [-0.1, -0.05) is 35.9 Å². The predicted octanol–water partition coefficient (Wildman–Crippen LogP) is 2.92. The van der Waals surface area contributed by atoms with Gasteiger partial charge in [-0.2, -0.15) is 5.10 Å². The van der Waals surface area contributed by atoms with Gasteiger partial charge in [-0.25, -0.2) is 9.50 Å². The Bertz CT molecular complexity index is 1650. The topological polar surface area (TPSA) is 124 Å². The van der Waals surface area contributed by atoms with Gasteiger partial charge in [0.15, 0.2) is 0 Å². The Morgan fingerprint density at radius 3 is 2.69 bits per heavy atom. The van der Waals surface area contributed by atoms with Crippen molar-refractivity contribution in [1.82, 2.24) is 35.1 Å². The van der Waals surface area contributed by atoms with Crippen LogP contribution in [0.25, 0.3) is 27.9 Å². The molecule has 12 heteroatoms. The van der Waals surface area contributed by atoms with E-state index in [1.807, 2.05) is 43.5 Å². The summed E-state index contributed by atoms with van der Waals surface area (Å²) in [5, 5.41) is 14.8. The van der Waals surface area contributed by atoms with E-state index in [0.29, 0.717) is 60.5 Å². The highest BCUT2D eigenvalue weighted by atomic mass is 35.5. The van der Waals surface area contributed by atoms with Crippen LogP contribution in [0.15, 0.2) is 47.4 Å². The molecule has 1 saturated heterocycles. The molecule has 0 bridgehead atoms. The van der Waals surface area contributed by atoms with Crippen molar-refractivity contribution in [2.75, 3.05) is 27.3 Å². The zero-order chi connectivity index (χ0) is 29.8. The molecule has 1 unspecified atom stereocenters. The average Bonchev–Trinajstić information content (AvgIpc) is 3.61. The van der Waals surface area contributed by atoms with E-state index in [2.05, 4.69) is 21.0 Å². The van der Waals surface area contributed by atoms with Crippen molar-refractivity contribution >= 4 is 23.0 Å². The Kier molecular flexibility index (Phi) is 9.22. The molecule has 3 N–H and O–H groups in total. The number of carbonyl (C=O) groups is 1. The lowest BCUT2D eigenvalue weighted by Crippen LogP contribution is -2.35. The summed E-state index contributed by atoms with van der Waals surface area (Å²) in [5.41, 5.74) is 4.16. The molecule has 1 fully saturated rings. The molecule has 0 aliphatic carbocycles. The molecular weight excluding hydrogens is 558 g/mol. The number of hydrogen-bond acceptors (Lipinski definition) is 8. The summed E-state index contributed by atoms with van der Waals surface area (Å²) in [6, 6.07) is 11.6. The highest BCUT2D eigenvalue weighted by Gasteiger charge is 2.21. The Morgan fingerprint density at radius 2 is 1.95 bits per heavy atom. The summed E-state index contributed by atoms with van der Waals surface area (Å²) in [6.45, 7) is 4.27. The fourth-order valence-corrected chi connectivity index (χ4v) is 5.37. The first-order valence-electron chi connectivity index (χ1n) is 13.9. The van der Waals surface area contributed by atoms with Crippen molar-refractivity contribution < 1.29 is 14.3 Å². The predicted molar refractivity (Wildman–Crippen MR) is 162 cm³/mol. The van der Waals surface area contributed by atoms with Gasteiger partial charge in [-0.15, -0.1) is 0 Å². The zero-order valence-electron chi connectivity index (χ0n) is 24.2. The van der Waals surface area contributed by atoms with Crippen molar-refractivity contribution in [2.24, 2.45) is 7.05 Å². The lowest BCUT2D eigenvalue weighted by molar-refractivity contribution is -0.119. The summed E-state index contributed by atoms with van der Waals surface area (Å²) in [6.07, 6.45) is 3.28. The third kappa shape index (κ3) is 6.34. The summed E-state index contributed by atoms with van der Waals surface area (Å²) in [5.74, 6) is 1.21. The number of benzene rings is 1. The first-order valence-corrected chi connectivity index (χ1v) is 14.3. The van der Waals surface area contributed by atoms with Crippen LogP contribution in [-0.4, -0.2) is 64.5 Å². The monoisotopic (exact) mass is 593 g/mol. The number of nitrogens with one attached hydrogen (secondary N) is 3. The van der Waals surface area contributed by atoms with Gasteiger partial charge in [-0.3, -0.25) is 14.2 Å². The molecule has 222 valence electrons. The maximum absolute atomic E-state index is 13.2. The van der Waals surface area contributed by atoms with Gasteiger partial charge in [0.1, 0.15) is 11.3 Å². The molecule has 1 aliphatic heterocycles. The third-order valence-electron chi connectivity index (χ3n) is 7.56. The highest BCUT2D eigenvalue weighted by molar-refractivity contribution is 6.36. The minimum atomic E-state index is -0.147. The number of ether oxygens (including phenoxy) is 2. The van der Waals surface area contributed by atoms with Crippen LogP contribution in [0.5, 0.6) is 5.88 Å². The van der Waals surface area contributed by atoms with E-state index in [1.165, 1.54) is 0 Å². The van der Waals surface area contributed by atoms with Crippen LogP contribution in [0.3, 0.4) is 0 Å². The summed E-state index contributed by atoms with van der Waals surface area (Å²) in [7, 11) is 4.97. The molecule has 0 saturated carbocycles. The minimum absolute atomic E-state index is 0.0490. The molecule has 4 aromatic rings. The van der Waals surface area contributed by atoms with E-state index in [0.717, 1.165) is 28.7 Å². The Hall–Kier alpha value is -3.77. The van der Waals surface area contributed by atoms with Crippen LogP contribution in [-0.2, 0) is 29.7 Å². The van der Waals surface area contributed by atoms with E-state index in [9.17, 15) is 9.59 Å². The number of methoxy groups -OCH3 is 2. The van der Waals surface area contributed by atoms with Gasteiger partial charge in [0, 0.05) is 74.7 Å². The van der Waals surface area contributed by atoms with Gasteiger partial charge in [0.25, 0.3) is 5.56 Å². The minimum Gasteiger partial charge on any atom is -0.481 e. The van der Waals surface area contributed by atoms with E-state index < -0.39 is 0 Å². The number of pyridine rings is 1. The van der Waals surface area contributed by atoms with Crippen LogP contribution >= 0.6 is 11.6 Å². The van der Waals surface area contributed by atoms with Crippen molar-refractivity contribution in [3.8, 4) is 28.3 Å². The van der Waals surface area contributed by atoms with Gasteiger partial charge in [0.05, 0.1) is 30.5 Å². The van der Waals surface area contributed by atoms with E-state index >= 15 is 0 Å². The van der Waals surface area contributed by atoms with Gasteiger partial charge >= 0.3 is 0 Å². The fourth-order valence-electron chi connectivity index (χ4n) is 5.04. The zero-order valence-corrected chi connectivity index (χ0v) is 25.0. The second-order valence-corrected chi connectivity index (χ2v) is 10.9. The van der Waals surface area contributed by atoms with Crippen molar-refractivity contribution in [2.45, 2.75) is 45.0 Å². The standard InChI is InChI=1S/C30H36ClN7O4/c1-18(41-3)13-32-16-26-36-38-17-20(12-25(38)30(40)37(26)2)22-6-5-7-23(28(22)31)24-10-8-19(29(35-24)42-4)14-33-15-21-9-11-27(39)34-21/h5-8,10,12,17-18,21,32-33H,9,11,13-16H2,1-4H3,(H,34,39)/t18?,21-/m0/s1. The third-order valence-corrected chi connectivity index (χ3v) is 7.97. The van der Waals surface area contributed by atoms with E-state index in [1.54, 1.807) is 36.4 Å². The largest absolute Gasteiger partial charge is 0.481 e. The number of rotatable bonds is 12. The SMILES string of the molecule is COc1nc(-c2cccc(-c3cc4c(=O)n(C)c(CNCC(C)OC)nn4c3)c2Cl)ccc1CNC[C@@H]1CCC(=O)N1. The molecule has 11 nitrogen and oxygen atoms in total. The number of nitrogens with zero attached hydrogens (tertiary/aromatic N) is 4. The molecule has 1 aliphatic rings. The van der Waals surface area contributed by atoms with Crippen molar-refractivity contribution in [3.05, 3.63) is 69.4 Å². The van der Waals surface area contributed by atoms with Gasteiger partial charge in [-0.05, 0) is 25.5 Å². The number of carbonyl (C=O) groups excluding carboxylic acids is 1. The molecule has 0 spiro atoms. The van der Waals surface area contributed by atoms with E-state index in [-0.39, 0.29) is 23.6 Å². The Balaban J connectivity index is 1.38. The second kappa shape index (κ2) is 13.0.